The first-order valence-electron chi connectivity index (χ1n) is 10.1. The second-order valence-corrected chi connectivity index (χ2v) is 7.55. The average molecular weight is 347 g/mol. The molecule has 1 aromatic rings. The van der Waals surface area contributed by atoms with Gasteiger partial charge in [-0.2, -0.15) is 5.10 Å². The molecule has 1 aromatic heterocycles. The van der Waals surface area contributed by atoms with Crippen LogP contribution in [-0.2, 0) is 6.54 Å². The number of hydrogen-bond acceptors (Lipinski definition) is 4. The molecule has 0 aromatic carbocycles. The van der Waals surface area contributed by atoms with Crippen molar-refractivity contribution in [3.05, 3.63) is 24.0 Å². The number of aromatic nitrogens is 2. The van der Waals surface area contributed by atoms with Crippen molar-refractivity contribution in [2.24, 2.45) is 0 Å². The van der Waals surface area contributed by atoms with E-state index >= 15 is 0 Å². The van der Waals surface area contributed by atoms with E-state index in [4.69, 9.17) is 0 Å². The van der Waals surface area contributed by atoms with E-state index in [0.29, 0.717) is 6.54 Å². The molecular formula is C20H34N4O. The van der Waals surface area contributed by atoms with Crippen LogP contribution in [-0.4, -0.2) is 70.1 Å². The summed E-state index contributed by atoms with van der Waals surface area (Å²) >= 11 is 0. The highest BCUT2D eigenvalue weighted by molar-refractivity contribution is 5.65. The molecule has 1 atom stereocenters. The molecule has 0 bridgehead atoms. The fourth-order valence-electron chi connectivity index (χ4n) is 3.79. The van der Waals surface area contributed by atoms with Crippen LogP contribution in [0.25, 0.3) is 5.57 Å². The van der Waals surface area contributed by atoms with Crippen molar-refractivity contribution in [2.75, 3.05) is 39.3 Å². The summed E-state index contributed by atoms with van der Waals surface area (Å²) in [7, 11) is 0. The van der Waals surface area contributed by atoms with Gasteiger partial charge in [-0.3, -0.25) is 9.58 Å². The highest BCUT2D eigenvalue weighted by Gasteiger charge is 2.16. The third-order valence-electron chi connectivity index (χ3n) is 5.60. The van der Waals surface area contributed by atoms with E-state index in [1.165, 1.54) is 63.0 Å². The highest BCUT2D eigenvalue weighted by atomic mass is 16.3. The van der Waals surface area contributed by atoms with E-state index in [1.54, 1.807) is 0 Å². The molecule has 0 saturated carbocycles. The Balaban J connectivity index is 1.45. The normalized spacial score (nSPS) is 21.8. The van der Waals surface area contributed by atoms with Gasteiger partial charge in [0.15, 0.2) is 0 Å². The van der Waals surface area contributed by atoms with Crippen molar-refractivity contribution in [1.82, 2.24) is 19.6 Å². The second kappa shape index (κ2) is 9.51. The summed E-state index contributed by atoms with van der Waals surface area (Å²) in [4.78, 5) is 5.22. The Bertz CT molecular complexity index is 546. The Morgan fingerprint density at radius 1 is 1.08 bits per heavy atom. The lowest BCUT2D eigenvalue weighted by molar-refractivity contribution is 0.145. The second-order valence-electron chi connectivity index (χ2n) is 7.55. The van der Waals surface area contributed by atoms with E-state index < -0.39 is 0 Å². The zero-order valence-electron chi connectivity index (χ0n) is 15.7. The third-order valence-corrected chi connectivity index (χ3v) is 5.60. The predicted octanol–water partition coefficient (Wildman–Crippen LogP) is 2.62. The minimum Gasteiger partial charge on any atom is -0.391 e. The molecule has 3 heterocycles. The molecule has 0 spiro atoms. The molecule has 25 heavy (non-hydrogen) atoms. The van der Waals surface area contributed by atoms with Gasteiger partial charge in [0.1, 0.15) is 0 Å². The number of nitrogens with zero attached hydrogens (tertiary/aromatic N) is 4. The van der Waals surface area contributed by atoms with Crippen molar-refractivity contribution >= 4 is 5.57 Å². The Hall–Kier alpha value is -1.17. The van der Waals surface area contributed by atoms with Gasteiger partial charge in [0.2, 0.25) is 0 Å². The molecule has 140 valence electrons. The molecule has 5 nitrogen and oxygen atoms in total. The number of aliphatic hydroxyl groups excluding tert-OH is 1. The fourth-order valence-corrected chi connectivity index (χ4v) is 3.79. The van der Waals surface area contributed by atoms with Gasteiger partial charge < -0.3 is 10.0 Å². The van der Waals surface area contributed by atoms with Crippen LogP contribution in [0.15, 0.2) is 18.5 Å². The number of rotatable bonds is 7. The molecule has 1 saturated heterocycles. The largest absolute Gasteiger partial charge is 0.391 e. The van der Waals surface area contributed by atoms with Gasteiger partial charge in [-0.25, -0.2) is 0 Å². The molecule has 0 amide bonds. The van der Waals surface area contributed by atoms with Crippen molar-refractivity contribution in [2.45, 2.75) is 58.1 Å². The van der Waals surface area contributed by atoms with E-state index in [1.807, 2.05) is 17.8 Å². The quantitative estimate of drug-likeness (QED) is 0.824. The average Bonchev–Trinajstić information content (AvgIpc) is 2.94. The van der Waals surface area contributed by atoms with Gasteiger partial charge in [-0.05, 0) is 44.3 Å². The Kier molecular flexibility index (Phi) is 7.08. The lowest BCUT2D eigenvalue weighted by Gasteiger charge is -2.29. The monoisotopic (exact) mass is 346 g/mol. The smallest absolute Gasteiger partial charge is 0.0733 e. The first kappa shape index (κ1) is 18.6. The van der Waals surface area contributed by atoms with Crippen LogP contribution in [0.3, 0.4) is 0 Å². The Morgan fingerprint density at radius 3 is 2.52 bits per heavy atom. The van der Waals surface area contributed by atoms with Crippen LogP contribution in [0.4, 0.5) is 0 Å². The number of hydrogen-bond donors (Lipinski definition) is 1. The number of likely N-dealkylation sites (tertiary alicyclic amines) is 1. The minimum absolute atomic E-state index is 0.303. The fraction of sp³-hybridized carbons (Fsp3) is 0.750. The summed E-state index contributed by atoms with van der Waals surface area (Å²) in [6.07, 6.45) is 13.5. The van der Waals surface area contributed by atoms with Crippen LogP contribution in [0.5, 0.6) is 0 Å². The summed E-state index contributed by atoms with van der Waals surface area (Å²) in [5.41, 5.74) is 2.62. The molecule has 1 N–H and O–H groups in total. The predicted molar refractivity (Wildman–Crippen MR) is 102 cm³/mol. The van der Waals surface area contributed by atoms with Gasteiger partial charge in [-0.15, -0.1) is 0 Å². The van der Waals surface area contributed by atoms with Gasteiger partial charge in [0, 0.05) is 37.9 Å². The van der Waals surface area contributed by atoms with Crippen LogP contribution in [0.1, 0.15) is 51.0 Å². The van der Waals surface area contributed by atoms with Crippen molar-refractivity contribution in [1.29, 1.82) is 0 Å². The Morgan fingerprint density at radius 2 is 1.84 bits per heavy atom. The van der Waals surface area contributed by atoms with E-state index in [2.05, 4.69) is 27.2 Å². The molecule has 0 radical (unpaired) electrons. The van der Waals surface area contributed by atoms with E-state index in [-0.39, 0.29) is 6.10 Å². The Labute approximate surface area is 152 Å². The third kappa shape index (κ3) is 5.66. The van der Waals surface area contributed by atoms with Crippen LogP contribution in [0.2, 0.25) is 0 Å². The maximum absolute atomic E-state index is 9.76. The molecule has 1 fully saturated rings. The first-order chi connectivity index (χ1) is 12.2. The molecular weight excluding hydrogens is 312 g/mol. The molecule has 2 aliphatic heterocycles. The summed E-state index contributed by atoms with van der Waals surface area (Å²) in [6, 6.07) is 0. The van der Waals surface area contributed by atoms with Crippen molar-refractivity contribution in [3.63, 3.8) is 0 Å². The maximum Gasteiger partial charge on any atom is 0.0733 e. The molecule has 3 rings (SSSR count). The molecule has 2 aliphatic rings. The highest BCUT2D eigenvalue weighted by Crippen LogP contribution is 2.22. The number of aliphatic hydroxyl groups is 1. The van der Waals surface area contributed by atoms with Gasteiger partial charge in [0.25, 0.3) is 0 Å². The SMILES string of the molecule is CCC(O)Cn1cc(C2=CCN(CCN3CCCCCC3)CC2)cn1. The topological polar surface area (TPSA) is 44.5 Å². The van der Waals surface area contributed by atoms with Crippen molar-refractivity contribution in [3.8, 4) is 0 Å². The zero-order valence-corrected chi connectivity index (χ0v) is 15.7. The zero-order chi connectivity index (χ0) is 17.5. The lowest BCUT2D eigenvalue weighted by atomic mass is 10.0. The van der Waals surface area contributed by atoms with Crippen molar-refractivity contribution < 1.29 is 5.11 Å². The molecule has 1 unspecified atom stereocenters. The van der Waals surface area contributed by atoms with Gasteiger partial charge in [0.05, 0.1) is 18.8 Å². The van der Waals surface area contributed by atoms with Crippen LogP contribution >= 0.6 is 0 Å². The van der Waals surface area contributed by atoms with E-state index in [9.17, 15) is 5.11 Å². The standard InChI is InChI=1S/C20H34N4O/c1-2-20(25)17-24-16-19(15-21-24)18-7-11-23(12-8-18)14-13-22-9-5-3-4-6-10-22/h7,15-16,20,25H,2-6,8-14,17H2,1H3. The summed E-state index contributed by atoms with van der Waals surface area (Å²) < 4.78 is 1.87. The van der Waals surface area contributed by atoms with Gasteiger partial charge in [-0.1, -0.05) is 25.8 Å². The summed E-state index contributed by atoms with van der Waals surface area (Å²) in [5.74, 6) is 0. The molecule has 0 aliphatic carbocycles. The summed E-state index contributed by atoms with van der Waals surface area (Å²) in [5, 5.41) is 14.2. The first-order valence-corrected chi connectivity index (χ1v) is 10.1. The summed E-state index contributed by atoms with van der Waals surface area (Å²) in [6.45, 7) is 9.76. The van der Waals surface area contributed by atoms with E-state index in [0.717, 1.165) is 25.9 Å². The lowest BCUT2D eigenvalue weighted by Crippen LogP contribution is -2.37. The van der Waals surface area contributed by atoms with Crippen LogP contribution < -0.4 is 0 Å². The van der Waals surface area contributed by atoms with Crippen LogP contribution in [0, 0.1) is 0 Å². The van der Waals surface area contributed by atoms with Gasteiger partial charge >= 0.3 is 0 Å². The minimum atomic E-state index is -0.303. The maximum atomic E-state index is 9.76. The molecule has 5 heteroatoms.